The van der Waals surface area contributed by atoms with Crippen LogP contribution in [0.3, 0.4) is 0 Å². The molecule has 0 amide bonds. The Morgan fingerprint density at radius 1 is 1.42 bits per heavy atom. The minimum Gasteiger partial charge on any atom is -0.381 e. The average Bonchev–Trinajstić information content (AvgIpc) is 2.40. The number of ether oxygens (including phenoxy) is 1. The minimum absolute atomic E-state index is 0.190. The monoisotopic (exact) mass is 373 g/mol. The highest BCUT2D eigenvalue weighted by molar-refractivity contribution is 14.1. The van der Waals surface area contributed by atoms with Gasteiger partial charge >= 0.3 is 0 Å². The van der Waals surface area contributed by atoms with E-state index < -0.39 is 0 Å². The number of likely N-dealkylation sites (N-methyl/N-ethyl adjacent to an activating group) is 1. The SMILES string of the molecule is CN(CC(=O)c1ccc(I)cc1)CC1CCCOC1. The molecule has 3 nitrogen and oxygen atoms in total. The normalized spacial score (nSPS) is 19.6. The van der Waals surface area contributed by atoms with Gasteiger partial charge in [0.25, 0.3) is 0 Å². The van der Waals surface area contributed by atoms with Crippen LogP contribution in [0.5, 0.6) is 0 Å². The Morgan fingerprint density at radius 2 is 2.16 bits per heavy atom. The molecular weight excluding hydrogens is 353 g/mol. The van der Waals surface area contributed by atoms with E-state index in [1.165, 1.54) is 6.42 Å². The number of carbonyl (C=O) groups excluding carboxylic acids is 1. The quantitative estimate of drug-likeness (QED) is 0.587. The summed E-state index contributed by atoms with van der Waals surface area (Å²) < 4.78 is 6.63. The molecule has 0 N–H and O–H groups in total. The second-order valence-electron chi connectivity index (χ2n) is 5.21. The van der Waals surface area contributed by atoms with Gasteiger partial charge in [-0.2, -0.15) is 0 Å². The van der Waals surface area contributed by atoms with Crippen LogP contribution in [-0.4, -0.2) is 44.0 Å². The second kappa shape index (κ2) is 7.36. The van der Waals surface area contributed by atoms with E-state index in [0.717, 1.165) is 35.3 Å². The van der Waals surface area contributed by atoms with Crippen LogP contribution >= 0.6 is 22.6 Å². The third kappa shape index (κ3) is 4.85. The Morgan fingerprint density at radius 3 is 2.79 bits per heavy atom. The van der Waals surface area contributed by atoms with E-state index in [9.17, 15) is 4.79 Å². The van der Waals surface area contributed by atoms with Gasteiger partial charge in [-0.25, -0.2) is 0 Å². The van der Waals surface area contributed by atoms with Crippen LogP contribution in [0.4, 0.5) is 0 Å². The smallest absolute Gasteiger partial charge is 0.176 e. The first kappa shape index (κ1) is 14.9. The molecule has 104 valence electrons. The Kier molecular flexibility index (Phi) is 5.78. The fourth-order valence-corrected chi connectivity index (χ4v) is 2.79. The molecule has 1 saturated heterocycles. The van der Waals surface area contributed by atoms with E-state index in [1.807, 2.05) is 31.3 Å². The third-order valence-electron chi connectivity index (χ3n) is 3.40. The van der Waals surface area contributed by atoms with Crippen molar-refractivity contribution in [1.29, 1.82) is 0 Å². The lowest BCUT2D eigenvalue weighted by Gasteiger charge is -2.26. The molecule has 0 spiro atoms. The highest BCUT2D eigenvalue weighted by Gasteiger charge is 2.17. The number of carbonyl (C=O) groups is 1. The number of hydrogen-bond acceptors (Lipinski definition) is 3. The lowest BCUT2D eigenvalue weighted by atomic mass is 10.0. The first-order valence-corrected chi connectivity index (χ1v) is 7.78. The minimum atomic E-state index is 0.190. The summed E-state index contributed by atoms with van der Waals surface area (Å²) in [6.45, 7) is 3.15. The number of nitrogens with zero attached hydrogens (tertiary/aromatic N) is 1. The molecule has 1 aliphatic rings. The summed E-state index contributed by atoms with van der Waals surface area (Å²) in [7, 11) is 2.01. The maximum Gasteiger partial charge on any atom is 0.176 e. The molecular formula is C15H20INO2. The molecule has 4 heteroatoms. The van der Waals surface area contributed by atoms with Gasteiger partial charge in [0.15, 0.2) is 5.78 Å². The maximum atomic E-state index is 12.1. The summed E-state index contributed by atoms with van der Waals surface area (Å²) in [6, 6.07) is 7.76. The van der Waals surface area contributed by atoms with E-state index >= 15 is 0 Å². The zero-order valence-electron chi connectivity index (χ0n) is 11.3. The van der Waals surface area contributed by atoms with E-state index in [-0.39, 0.29) is 5.78 Å². The molecule has 1 heterocycles. The van der Waals surface area contributed by atoms with Crippen LogP contribution < -0.4 is 0 Å². The van der Waals surface area contributed by atoms with Crippen molar-refractivity contribution in [3.05, 3.63) is 33.4 Å². The van der Waals surface area contributed by atoms with Gasteiger partial charge in [0.1, 0.15) is 0 Å². The molecule has 1 aromatic carbocycles. The molecule has 1 aromatic rings. The summed E-state index contributed by atoms with van der Waals surface area (Å²) in [5.74, 6) is 0.763. The first-order valence-electron chi connectivity index (χ1n) is 6.70. The van der Waals surface area contributed by atoms with Crippen molar-refractivity contribution < 1.29 is 9.53 Å². The summed E-state index contributed by atoms with van der Waals surface area (Å²) in [5.41, 5.74) is 0.798. The lowest BCUT2D eigenvalue weighted by Crippen LogP contribution is -2.34. The fourth-order valence-electron chi connectivity index (χ4n) is 2.43. The van der Waals surface area contributed by atoms with Crippen molar-refractivity contribution >= 4 is 28.4 Å². The van der Waals surface area contributed by atoms with Crippen LogP contribution in [0.25, 0.3) is 0 Å². The zero-order chi connectivity index (χ0) is 13.7. The number of ketones is 1. The van der Waals surface area contributed by atoms with Crippen LogP contribution in [-0.2, 0) is 4.74 Å². The predicted octanol–water partition coefficient (Wildman–Crippen LogP) is 2.83. The summed E-state index contributed by atoms with van der Waals surface area (Å²) in [5, 5.41) is 0. The summed E-state index contributed by atoms with van der Waals surface area (Å²) in [4.78, 5) is 14.2. The van der Waals surface area contributed by atoms with Crippen LogP contribution in [0.1, 0.15) is 23.2 Å². The predicted molar refractivity (Wildman–Crippen MR) is 84.5 cm³/mol. The van der Waals surface area contributed by atoms with Crippen molar-refractivity contribution in [2.45, 2.75) is 12.8 Å². The van der Waals surface area contributed by atoms with Crippen molar-refractivity contribution in [1.82, 2.24) is 4.90 Å². The number of benzene rings is 1. The molecule has 2 rings (SSSR count). The largest absolute Gasteiger partial charge is 0.381 e. The molecule has 1 aliphatic heterocycles. The van der Waals surface area contributed by atoms with Gasteiger partial charge in [-0.05, 0) is 60.5 Å². The number of rotatable bonds is 5. The summed E-state index contributed by atoms with van der Waals surface area (Å²) in [6.07, 6.45) is 2.35. The zero-order valence-corrected chi connectivity index (χ0v) is 13.4. The molecule has 1 fully saturated rings. The molecule has 19 heavy (non-hydrogen) atoms. The Bertz CT molecular complexity index is 413. The Labute approximate surface area is 128 Å². The van der Waals surface area contributed by atoms with E-state index in [2.05, 4.69) is 27.5 Å². The average molecular weight is 373 g/mol. The number of Topliss-reactive ketones (excluding diaryl/α,β-unsaturated/α-hetero) is 1. The Hall–Kier alpha value is -0.460. The summed E-state index contributed by atoms with van der Waals surface area (Å²) >= 11 is 2.25. The van der Waals surface area contributed by atoms with E-state index in [4.69, 9.17) is 4.74 Å². The van der Waals surface area contributed by atoms with Gasteiger partial charge in [0.05, 0.1) is 13.2 Å². The maximum absolute atomic E-state index is 12.1. The Balaban J connectivity index is 1.82. The standard InChI is InChI=1S/C15H20INO2/c1-17(9-12-3-2-8-19-11-12)10-15(18)13-4-6-14(16)7-5-13/h4-7,12H,2-3,8-11H2,1H3. The second-order valence-corrected chi connectivity index (χ2v) is 6.46. The van der Waals surface area contributed by atoms with E-state index in [0.29, 0.717) is 12.5 Å². The van der Waals surface area contributed by atoms with Gasteiger partial charge in [0.2, 0.25) is 0 Å². The van der Waals surface area contributed by atoms with Crippen molar-refractivity contribution in [3.63, 3.8) is 0 Å². The van der Waals surface area contributed by atoms with Crippen LogP contribution in [0.15, 0.2) is 24.3 Å². The molecule has 0 radical (unpaired) electrons. The van der Waals surface area contributed by atoms with Crippen molar-refractivity contribution in [2.24, 2.45) is 5.92 Å². The first-order chi connectivity index (χ1) is 9.15. The molecule has 1 unspecified atom stereocenters. The van der Waals surface area contributed by atoms with Crippen LogP contribution in [0, 0.1) is 9.49 Å². The molecule has 0 aromatic heterocycles. The van der Waals surface area contributed by atoms with Gasteiger partial charge in [0, 0.05) is 22.3 Å². The van der Waals surface area contributed by atoms with Gasteiger partial charge in [-0.3, -0.25) is 9.69 Å². The van der Waals surface area contributed by atoms with Gasteiger partial charge < -0.3 is 4.74 Å². The third-order valence-corrected chi connectivity index (χ3v) is 4.12. The van der Waals surface area contributed by atoms with Crippen molar-refractivity contribution in [3.8, 4) is 0 Å². The van der Waals surface area contributed by atoms with Gasteiger partial charge in [-0.15, -0.1) is 0 Å². The van der Waals surface area contributed by atoms with Crippen molar-refractivity contribution in [2.75, 3.05) is 33.4 Å². The van der Waals surface area contributed by atoms with E-state index in [1.54, 1.807) is 0 Å². The molecule has 0 aliphatic carbocycles. The molecule has 0 saturated carbocycles. The van der Waals surface area contributed by atoms with Crippen LogP contribution in [0.2, 0.25) is 0 Å². The topological polar surface area (TPSA) is 29.5 Å². The molecule has 1 atom stereocenters. The highest BCUT2D eigenvalue weighted by Crippen LogP contribution is 2.15. The van der Waals surface area contributed by atoms with Gasteiger partial charge in [-0.1, -0.05) is 12.1 Å². The number of halogens is 1. The molecule has 0 bridgehead atoms. The highest BCUT2D eigenvalue weighted by atomic mass is 127. The number of hydrogen-bond donors (Lipinski definition) is 0. The fraction of sp³-hybridized carbons (Fsp3) is 0.533. The lowest BCUT2D eigenvalue weighted by molar-refractivity contribution is 0.0416.